The summed E-state index contributed by atoms with van der Waals surface area (Å²) in [6.07, 6.45) is 6.51. The summed E-state index contributed by atoms with van der Waals surface area (Å²) in [5.74, 6) is 1.86. The Bertz CT molecular complexity index is 995. The van der Waals surface area contributed by atoms with Gasteiger partial charge in [0.2, 0.25) is 0 Å². The van der Waals surface area contributed by atoms with Gasteiger partial charge in [0.05, 0.1) is 12.7 Å². The van der Waals surface area contributed by atoms with Gasteiger partial charge in [0.1, 0.15) is 11.4 Å². The van der Waals surface area contributed by atoms with E-state index in [1.807, 2.05) is 24.3 Å². The second kappa shape index (κ2) is 10.9. The fourth-order valence-electron chi connectivity index (χ4n) is 5.82. The highest BCUT2D eigenvalue weighted by atomic mass is 16.5. The Morgan fingerprint density at radius 1 is 1.20 bits per heavy atom. The van der Waals surface area contributed by atoms with Crippen molar-refractivity contribution in [2.45, 2.75) is 70.6 Å². The topological polar surface area (TPSA) is 80.8 Å². The molecular formula is C28H42N4O3. The number of nitrogens with zero attached hydrogens (tertiary/aromatic N) is 2. The first-order valence-corrected chi connectivity index (χ1v) is 13.7. The average Bonchev–Trinajstić information content (AvgIpc) is 3.26. The molecule has 192 valence electrons. The number of rotatable bonds is 8. The normalized spacial score (nSPS) is 25.9. The quantitative estimate of drug-likeness (QED) is 0.535. The number of nitrogens with one attached hydrogen (secondary N) is 2. The molecule has 3 N–H and O–H groups in total. The third-order valence-electron chi connectivity index (χ3n) is 8.53. The SMILES string of the molecule is C[C@H]1CN([C@@H](C)CN2CCC(NC(=O)c3cc4c(OCC5CCC5)cccc4[nH]3)CC2)CC[C@@H]1O. The first kappa shape index (κ1) is 24.6. The van der Waals surface area contributed by atoms with Crippen molar-refractivity contribution in [3.63, 3.8) is 0 Å². The van der Waals surface area contributed by atoms with Crippen molar-refractivity contribution in [3.8, 4) is 5.75 Å². The summed E-state index contributed by atoms with van der Waals surface area (Å²) in [5.41, 5.74) is 1.56. The number of ether oxygens (including phenoxy) is 1. The van der Waals surface area contributed by atoms with Crippen LogP contribution in [0.4, 0.5) is 0 Å². The lowest BCUT2D eigenvalue weighted by atomic mass is 9.86. The van der Waals surface area contributed by atoms with Crippen LogP contribution in [0.2, 0.25) is 0 Å². The third-order valence-corrected chi connectivity index (χ3v) is 8.53. The maximum Gasteiger partial charge on any atom is 0.267 e. The smallest absolute Gasteiger partial charge is 0.267 e. The summed E-state index contributed by atoms with van der Waals surface area (Å²) >= 11 is 0. The van der Waals surface area contributed by atoms with Crippen LogP contribution in [0.3, 0.4) is 0 Å². The lowest BCUT2D eigenvalue weighted by Gasteiger charge is -2.41. The second-order valence-electron chi connectivity index (χ2n) is 11.2. The lowest BCUT2D eigenvalue weighted by Crippen LogP contribution is -2.52. The number of aliphatic hydroxyl groups is 1. The van der Waals surface area contributed by atoms with Crippen LogP contribution in [0, 0.1) is 11.8 Å². The molecule has 0 radical (unpaired) electrons. The molecule has 1 aromatic heterocycles. The van der Waals surface area contributed by atoms with Gasteiger partial charge in [-0.25, -0.2) is 0 Å². The first-order chi connectivity index (χ1) is 17.0. The molecule has 7 nitrogen and oxygen atoms in total. The van der Waals surface area contributed by atoms with Crippen LogP contribution in [0.15, 0.2) is 24.3 Å². The average molecular weight is 483 g/mol. The Balaban J connectivity index is 1.10. The number of likely N-dealkylation sites (tertiary alicyclic amines) is 2. The van der Waals surface area contributed by atoms with Crippen molar-refractivity contribution in [2.75, 3.05) is 39.3 Å². The van der Waals surface area contributed by atoms with Gasteiger partial charge in [-0.05, 0) is 69.1 Å². The number of aliphatic hydroxyl groups excluding tert-OH is 1. The molecule has 2 aromatic rings. The molecule has 3 atom stereocenters. The summed E-state index contributed by atoms with van der Waals surface area (Å²) in [6.45, 7) is 10.2. The fourth-order valence-corrected chi connectivity index (χ4v) is 5.82. The van der Waals surface area contributed by atoms with E-state index in [2.05, 4.69) is 33.9 Å². The number of H-pyrrole nitrogens is 1. The monoisotopic (exact) mass is 482 g/mol. The van der Waals surface area contributed by atoms with Crippen LogP contribution in [-0.2, 0) is 0 Å². The Morgan fingerprint density at radius 3 is 2.71 bits per heavy atom. The largest absolute Gasteiger partial charge is 0.493 e. The predicted molar refractivity (Wildman–Crippen MR) is 139 cm³/mol. The minimum absolute atomic E-state index is 0.0289. The van der Waals surface area contributed by atoms with Gasteiger partial charge in [0, 0.05) is 55.7 Å². The van der Waals surface area contributed by atoms with Gasteiger partial charge >= 0.3 is 0 Å². The van der Waals surface area contributed by atoms with Gasteiger partial charge in [0.25, 0.3) is 5.91 Å². The van der Waals surface area contributed by atoms with E-state index in [4.69, 9.17) is 4.74 Å². The minimum atomic E-state index is -0.151. The van der Waals surface area contributed by atoms with E-state index in [1.54, 1.807) is 0 Å². The molecule has 0 bridgehead atoms. The summed E-state index contributed by atoms with van der Waals surface area (Å²) < 4.78 is 6.09. The van der Waals surface area contributed by atoms with E-state index in [0.29, 0.717) is 23.6 Å². The minimum Gasteiger partial charge on any atom is -0.493 e. The predicted octanol–water partition coefficient (Wildman–Crippen LogP) is 3.63. The molecule has 3 fully saturated rings. The van der Waals surface area contributed by atoms with Crippen molar-refractivity contribution in [2.24, 2.45) is 11.8 Å². The van der Waals surface area contributed by atoms with E-state index in [-0.39, 0.29) is 18.1 Å². The van der Waals surface area contributed by atoms with Gasteiger partial charge in [-0.1, -0.05) is 19.4 Å². The van der Waals surface area contributed by atoms with E-state index in [1.165, 1.54) is 19.3 Å². The molecule has 2 aliphatic heterocycles. The van der Waals surface area contributed by atoms with Crippen molar-refractivity contribution < 1.29 is 14.6 Å². The van der Waals surface area contributed by atoms with E-state index in [9.17, 15) is 9.90 Å². The highest BCUT2D eigenvalue weighted by Gasteiger charge is 2.29. The molecule has 3 heterocycles. The van der Waals surface area contributed by atoms with Crippen LogP contribution in [0.1, 0.15) is 62.9 Å². The van der Waals surface area contributed by atoms with Gasteiger partial charge < -0.3 is 25.0 Å². The number of carbonyl (C=O) groups is 1. The Labute approximate surface area is 209 Å². The molecule has 35 heavy (non-hydrogen) atoms. The summed E-state index contributed by atoms with van der Waals surface area (Å²) in [5, 5.41) is 14.3. The van der Waals surface area contributed by atoms with Crippen LogP contribution in [-0.4, -0.2) is 83.3 Å². The van der Waals surface area contributed by atoms with Gasteiger partial charge in [-0.2, -0.15) is 0 Å². The highest BCUT2D eigenvalue weighted by Crippen LogP contribution is 2.31. The summed E-state index contributed by atoms with van der Waals surface area (Å²) in [4.78, 5) is 21.4. The Morgan fingerprint density at radius 2 is 2.00 bits per heavy atom. The molecule has 7 heteroatoms. The lowest BCUT2D eigenvalue weighted by molar-refractivity contribution is 0.0115. The highest BCUT2D eigenvalue weighted by molar-refractivity contribution is 5.99. The van der Waals surface area contributed by atoms with Crippen molar-refractivity contribution in [1.29, 1.82) is 0 Å². The van der Waals surface area contributed by atoms with Crippen molar-refractivity contribution in [1.82, 2.24) is 20.1 Å². The number of hydrogen-bond donors (Lipinski definition) is 3. The van der Waals surface area contributed by atoms with Gasteiger partial charge in [0.15, 0.2) is 0 Å². The molecule has 5 rings (SSSR count). The first-order valence-electron chi connectivity index (χ1n) is 13.7. The molecular weight excluding hydrogens is 440 g/mol. The number of aromatic amines is 1. The van der Waals surface area contributed by atoms with E-state index >= 15 is 0 Å². The van der Waals surface area contributed by atoms with Crippen LogP contribution in [0.5, 0.6) is 5.75 Å². The van der Waals surface area contributed by atoms with E-state index in [0.717, 1.165) is 75.2 Å². The Hall–Kier alpha value is -2.09. The molecule has 0 unspecified atom stereocenters. The van der Waals surface area contributed by atoms with Crippen molar-refractivity contribution in [3.05, 3.63) is 30.0 Å². The van der Waals surface area contributed by atoms with E-state index < -0.39 is 0 Å². The molecule has 1 aliphatic carbocycles. The summed E-state index contributed by atoms with van der Waals surface area (Å²) in [6, 6.07) is 8.63. The summed E-state index contributed by atoms with van der Waals surface area (Å²) in [7, 11) is 0. The number of hydrogen-bond acceptors (Lipinski definition) is 5. The maximum absolute atomic E-state index is 13.0. The number of fused-ring (bicyclic) bond motifs is 1. The third kappa shape index (κ3) is 5.84. The second-order valence-corrected chi connectivity index (χ2v) is 11.2. The Kier molecular flexibility index (Phi) is 7.65. The van der Waals surface area contributed by atoms with Crippen LogP contribution < -0.4 is 10.1 Å². The molecule has 2 saturated heterocycles. The fraction of sp³-hybridized carbons (Fsp3) is 0.679. The number of benzene rings is 1. The molecule has 0 spiro atoms. The number of piperidine rings is 2. The zero-order chi connectivity index (χ0) is 24.4. The molecule has 1 amide bonds. The molecule has 1 aromatic carbocycles. The number of carbonyl (C=O) groups excluding carboxylic acids is 1. The standard InChI is InChI=1S/C28H42N4O3/c1-19-16-32(14-11-26(19)33)20(2)17-31-12-9-22(10-13-31)29-28(34)25-15-23-24(30-25)7-4-8-27(23)35-18-21-5-3-6-21/h4,7-8,15,19-22,26,30,33H,3,5-6,9-14,16-18H2,1-2H3,(H,29,34)/t19-,20-,26-/m0/s1. The maximum atomic E-state index is 13.0. The number of amides is 1. The molecule has 3 aliphatic rings. The number of aromatic nitrogens is 1. The zero-order valence-corrected chi connectivity index (χ0v) is 21.3. The molecule has 1 saturated carbocycles. The van der Waals surface area contributed by atoms with Gasteiger partial charge in [-0.3, -0.25) is 9.69 Å². The van der Waals surface area contributed by atoms with Crippen LogP contribution in [0.25, 0.3) is 10.9 Å². The zero-order valence-electron chi connectivity index (χ0n) is 21.3. The van der Waals surface area contributed by atoms with Crippen LogP contribution >= 0.6 is 0 Å². The van der Waals surface area contributed by atoms with Crippen molar-refractivity contribution >= 4 is 16.8 Å². The van der Waals surface area contributed by atoms with Gasteiger partial charge in [-0.15, -0.1) is 0 Å².